The largest absolute Gasteiger partial charge is 0.462 e. The zero-order valence-electron chi connectivity index (χ0n) is 16.5. The Morgan fingerprint density at radius 2 is 1.65 bits per heavy atom. The third-order valence-electron chi connectivity index (χ3n) is 7.96. The van der Waals surface area contributed by atoms with E-state index in [2.05, 4.69) is 18.7 Å². The highest BCUT2D eigenvalue weighted by Crippen LogP contribution is 2.67. The van der Waals surface area contributed by atoms with Crippen molar-refractivity contribution < 1.29 is 9.53 Å². The maximum atomic E-state index is 11.3. The lowest BCUT2D eigenvalue weighted by molar-refractivity contribution is -0.139. The van der Waals surface area contributed by atoms with Crippen LogP contribution in [0.1, 0.15) is 71.1 Å². The van der Waals surface area contributed by atoms with Gasteiger partial charge in [0.2, 0.25) is 0 Å². The number of fused-ring (bicyclic) bond motifs is 9. The van der Waals surface area contributed by atoms with Crippen molar-refractivity contribution in [1.82, 2.24) is 0 Å². The van der Waals surface area contributed by atoms with Gasteiger partial charge in [-0.15, -0.1) is 0 Å². The molecular formula is C24H36O2. The molecular weight excluding hydrogens is 320 g/mol. The minimum Gasteiger partial charge on any atom is -0.462 e. The standard InChI is InChI=1S/C24H36O2/c1-16(2)24(25)26-12-8-6-4-3-5-7-9-17-13-20-15-21(17)23-19-11-10-18(14-19)22(20)23/h10-11,17-23H,1,3-9,12-15H2,2H3. The van der Waals surface area contributed by atoms with Crippen LogP contribution in [0.15, 0.2) is 24.3 Å². The van der Waals surface area contributed by atoms with Crippen LogP contribution < -0.4 is 0 Å². The van der Waals surface area contributed by atoms with Crippen LogP contribution in [0.2, 0.25) is 0 Å². The van der Waals surface area contributed by atoms with Gasteiger partial charge in [-0.2, -0.15) is 0 Å². The highest BCUT2D eigenvalue weighted by molar-refractivity contribution is 5.86. The molecule has 0 radical (unpaired) electrons. The monoisotopic (exact) mass is 356 g/mol. The lowest BCUT2D eigenvalue weighted by atomic mass is 9.68. The molecule has 0 spiro atoms. The first-order valence-electron chi connectivity index (χ1n) is 11.2. The topological polar surface area (TPSA) is 26.3 Å². The van der Waals surface area contributed by atoms with Crippen molar-refractivity contribution in [2.75, 3.05) is 6.61 Å². The molecule has 2 nitrogen and oxygen atoms in total. The van der Waals surface area contributed by atoms with Gasteiger partial charge >= 0.3 is 5.97 Å². The van der Waals surface area contributed by atoms with Gasteiger partial charge < -0.3 is 4.74 Å². The van der Waals surface area contributed by atoms with E-state index >= 15 is 0 Å². The minimum absolute atomic E-state index is 0.246. The minimum atomic E-state index is -0.246. The molecule has 4 bridgehead atoms. The maximum absolute atomic E-state index is 11.3. The summed E-state index contributed by atoms with van der Waals surface area (Å²) in [5, 5.41) is 0. The number of rotatable bonds is 10. The lowest BCUT2D eigenvalue weighted by Crippen LogP contribution is -2.30. The van der Waals surface area contributed by atoms with Crippen molar-refractivity contribution in [3.05, 3.63) is 24.3 Å². The van der Waals surface area contributed by atoms with Crippen LogP contribution in [-0.2, 0) is 9.53 Å². The molecule has 3 saturated carbocycles. The summed E-state index contributed by atoms with van der Waals surface area (Å²) in [7, 11) is 0. The second kappa shape index (κ2) is 7.90. The molecule has 2 heteroatoms. The van der Waals surface area contributed by atoms with Crippen molar-refractivity contribution in [3.8, 4) is 0 Å². The number of carbonyl (C=O) groups is 1. The molecule has 4 aliphatic rings. The van der Waals surface area contributed by atoms with Crippen LogP contribution >= 0.6 is 0 Å². The van der Waals surface area contributed by atoms with Crippen LogP contribution in [0.3, 0.4) is 0 Å². The van der Waals surface area contributed by atoms with Gasteiger partial charge in [-0.3, -0.25) is 0 Å². The lowest BCUT2D eigenvalue weighted by Gasteiger charge is -2.36. The summed E-state index contributed by atoms with van der Waals surface area (Å²) in [5.74, 6) is 7.06. The molecule has 4 rings (SSSR count). The molecule has 0 aliphatic heterocycles. The highest BCUT2D eigenvalue weighted by Gasteiger charge is 2.60. The van der Waals surface area contributed by atoms with E-state index < -0.39 is 0 Å². The molecule has 0 aromatic rings. The zero-order valence-corrected chi connectivity index (χ0v) is 16.5. The number of ether oxygens (including phenoxy) is 1. The fraction of sp³-hybridized carbons (Fsp3) is 0.792. The van der Waals surface area contributed by atoms with E-state index in [0.717, 1.165) is 47.8 Å². The molecule has 7 atom stereocenters. The van der Waals surface area contributed by atoms with Crippen molar-refractivity contribution in [3.63, 3.8) is 0 Å². The van der Waals surface area contributed by atoms with Crippen LogP contribution in [0.25, 0.3) is 0 Å². The summed E-state index contributed by atoms with van der Waals surface area (Å²) >= 11 is 0. The Labute approximate surface area is 159 Å². The van der Waals surface area contributed by atoms with E-state index in [1.54, 1.807) is 19.8 Å². The van der Waals surface area contributed by atoms with Crippen LogP contribution in [0.4, 0.5) is 0 Å². The van der Waals surface area contributed by atoms with Crippen molar-refractivity contribution in [2.24, 2.45) is 41.4 Å². The number of unbranched alkanes of at least 4 members (excludes halogenated alkanes) is 5. The Bertz CT molecular complexity index is 563. The SMILES string of the molecule is C=C(C)C(=O)OCCCCCCCCC1CC2CC1C1C3C=CC(C3)C21. The van der Waals surface area contributed by atoms with Gasteiger partial charge in [-0.1, -0.05) is 57.3 Å². The van der Waals surface area contributed by atoms with Gasteiger partial charge in [0.25, 0.3) is 0 Å². The number of hydrogen-bond acceptors (Lipinski definition) is 2. The Morgan fingerprint density at radius 3 is 2.42 bits per heavy atom. The number of esters is 1. The smallest absolute Gasteiger partial charge is 0.333 e. The van der Waals surface area contributed by atoms with E-state index in [1.165, 1.54) is 44.9 Å². The molecule has 7 unspecified atom stereocenters. The second-order valence-corrected chi connectivity index (χ2v) is 9.58. The summed E-state index contributed by atoms with van der Waals surface area (Å²) < 4.78 is 5.14. The number of allylic oxidation sites excluding steroid dienone is 2. The van der Waals surface area contributed by atoms with E-state index in [9.17, 15) is 4.79 Å². The quantitative estimate of drug-likeness (QED) is 0.159. The third kappa shape index (κ3) is 3.53. The number of hydrogen-bond donors (Lipinski definition) is 0. The van der Waals surface area contributed by atoms with Gasteiger partial charge in [0.05, 0.1) is 6.61 Å². The molecule has 0 aromatic carbocycles. The Morgan fingerprint density at radius 1 is 0.962 bits per heavy atom. The fourth-order valence-corrected chi connectivity index (χ4v) is 6.99. The fourth-order valence-electron chi connectivity index (χ4n) is 6.99. The summed E-state index contributed by atoms with van der Waals surface area (Å²) in [6.07, 6.45) is 18.8. The van der Waals surface area contributed by atoms with E-state index in [1.807, 2.05) is 0 Å². The molecule has 0 heterocycles. The molecule has 0 amide bonds. The predicted octanol–water partition coefficient (Wildman–Crippen LogP) is 5.93. The van der Waals surface area contributed by atoms with Crippen molar-refractivity contribution in [2.45, 2.75) is 71.1 Å². The highest BCUT2D eigenvalue weighted by atomic mass is 16.5. The van der Waals surface area contributed by atoms with Crippen LogP contribution in [-0.4, -0.2) is 12.6 Å². The van der Waals surface area contributed by atoms with E-state index in [-0.39, 0.29) is 5.97 Å². The maximum Gasteiger partial charge on any atom is 0.333 e. The Hall–Kier alpha value is -1.05. The third-order valence-corrected chi connectivity index (χ3v) is 7.96. The predicted molar refractivity (Wildman–Crippen MR) is 106 cm³/mol. The molecule has 0 saturated heterocycles. The normalized spacial score (nSPS) is 38.7. The molecule has 4 aliphatic carbocycles. The van der Waals surface area contributed by atoms with Gasteiger partial charge in [0.15, 0.2) is 0 Å². The average Bonchev–Trinajstić information content (AvgIpc) is 3.38. The van der Waals surface area contributed by atoms with Gasteiger partial charge in [-0.05, 0) is 74.0 Å². The average molecular weight is 357 g/mol. The molecule has 26 heavy (non-hydrogen) atoms. The summed E-state index contributed by atoms with van der Waals surface area (Å²) in [6.45, 7) is 5.85. The second-order valence-electron chi connectivity index (χ2n) is 9.58. The van der Waals surface area contributed by atoms with E-state index in [4.69, 9.17) is 4.74 Å². The molecule has 0 N–H and O–H groups in total. The van der Waals surface area contributed by atoms with Crippen LogP contribution in [0, 0.1) is 41.4 Å². The van der Waals surface area contributed by atoms with Gasteiger partial charge in [0, 0.05) is 5.57 Å². The first-order valence-corrected chi connectivity index (χ1v) is 11.2. The van der Waals surface area contributed by atoms with Crippen LogP contribution in [0.5, 0.6) is 0 Å². The zero-order chi connectivity index (χ0) is 18.1. The summed E-state index contributed by atoms with van der Waals surface area (Å²) in [4.78, 5) is 11.3. The van der Waals surface area contributed by atoms with E-state index in [0.29, 0.717) is 12.2 Å². The van der Waals surface area contributed by atoms with Gasteiger partial charge in [0.1, 0.15) is 0 Å². The summed E-state index contributed by atoms with van der Waals surface area (Å²) in [5.41, 5.74) is 0.499. The molecule has 144 valence electrons. The Balaban J connectivity index is 1.05. The first-order chi connectivity index (χ1) is 12.6. The molecule has 0 aromatic heterocycles. The van der Waals surface area contributed by atoms with Crippen molar-refractivity contribution >= 4 is 5.97 Å². The Kier molecular flexibility index (Phi) is 5.57. The first kappa shape index (κ1) is 18.3. The van der Waals surface area contributed by atoms with Crippen molar-refractivity contribution in [1.29, 1.82) is 0 Å². The summed E-state index contributed by atoms with van der Waals surface area (Å²) in [6, 6.07) is 0. The number of carbonyl (C=O) groups excluding carboxylic acids is 1. The van der Waals surface area contributed by atoms with Gasteiger partial charge in [-0.25, -0.2) is 4.79 Å². The molecule has 3 fully saturated rings.